The van der Waals surface area contributed by atoms with E-state index >= 15 is 0 Å². The Labute approximate surface area is 122 Å². The first-order chi connectivity index (χ1) is 9.40. The zero-order valence-corrected chi connectivity index (χ0v) is 12.9. The van der Waals surface area contributed by atoms with Crippen LogP contribution in [0, 0.1) is 16.7 Å². The summed E-state index contributed by atoms with van der Waals surface area (Å²) in [6.07, 6.45) is 9.97. The van der Waals surface area contributed by atoms with Gasteiger partial charge in [-0.1, -0.05) is 13.8 Å². The molecule has 1 aliphatic heterocycles. The summed E-state index contributed by atoms with van der Waals surface area (Å²) in [6.45, 7) is 5.93. The second-order valence-corrected chi connectivity index (χ2v) is 9.05. The Morgan fingerprint density at radius 3 is 2.35 bits per heavy atom. The van der Waals surface area contributed by atoms with Crippen molar-refractivity contribution in [3.05, 3.63) is 0 Å². The molecular weight excluding hydrogens is 248 g/mol. The Kier molecular flexibility index (Phi) is 2.62. The molecule has 4 saturated carbocycles. The summed E-state index contributed by atoms with van der Waals surface area (Å²) in [5, 5.41) is 6.86. The quantitative estimate of drug-likeness (QED) is 0.814. The van der Waals surface area contributed by atoms with Crippen LogP contribution in [0.1, 0.15) is 65.2 Å². The minimum Gasteiger partial charge on any atom is -0.349 e. The summed E-state index contributed by atoms with van der Waals surface area (Å²) in [6, 6.07) is 0.0728. The molecule has 0 spiro atoms. The van der Waals surface area contributed by atoms with Crippen molar-refractivity contribution < 1.29 is 4.79 Å². The highest BCUT2D eigenvalue weighted by molar-refractivity contribution is 5.82. The summed E-state index contributed by atoms with van der Waals surface area (Å²) < 4.78 is 0. The molecular formula is C17H28N2O. The summed E-state index contributed by atoms with van der Waals surface area (Å²) in [4.78, 5) is 12.6. The van der Waals surface area contributed by atoms with Crippen molar-refractivity contribution in [1.82, 2.24) is 10.6 Å². The van der Waals surface area contributed by atoms with Gasteiger partial charge in [-0.15, -0.1) is 0 Å². The van der Waals surface area contributed by atoms with E-state index in [-0.39, 0.29) is 17.5 Å². The van der Waals surface area contributed by atoms with E-state index in [4.69, 9.17) is 0 Å². The lowest BCUT2D eigenvalue weighted by Crippen LogP contribution is -2.66. The molecule has 1 saturated heterocycles. The Balaban J connectivity index is 1.56. The van der Waals surface area contributed by atoms with Gasteiger partial charge in [-0.3, -0.25) is 4.79 Å². The van der Waals surface area contributed by atoms with Crippen molar-refractivity contribution in [2.45, 2.75) is 76.8 Å². The molecule has 3 heteroatoms. The smallest absolute Gasteiger partial charge is 0.237 e. The number of nitrogens with one attached hydrogen (secondary N) is 2. The number of rotatable bonds is 2. The Morgan fingerprint density at radius 2 is 1.80 bits per heavy atom. The van der Waals surface area contributed by atoms with Gasteiger partial charge >= 0.3 is 0 Å². The van der Waals surface area contributed by atoms with E-state index in [0.29, 0.717) is 10.8 Å². The van der Waals surface area contributed by atoms with Crippen molar-refractivity contribution in [2.24, 2.45) is 16.7 Å². The maximum absolute atomic E-state index is 12.6. The molecule has 2 unspecified atom stereocenters. The highest BCUT2D eigenvalue weighted by atomic mass is 16.2. The van der Waals surface area contributed by atoms with E-state index in [2.05, 4.69) is 24.5 Å². The third kappa shape index (κ3) is 2.01. The van der Waals surface area contributed by atoms with Crippen molar-refractivity contribution in [3.8, 4) is 0 Å². The SMILES string of the molecule is CC12CC3CC(C)(C1)CC(NC(=O)[C@@H]1CCCN1)(C3)C2. The van der Waals surface area contributed by atoms with Gasteiger partial charge in [0.2, 0.25) is 5.91 Å². The Hall–Kier alpha value is -0.570. The second-order valence-electron chi connectivity index (χ2n) is 9.05. The zero-order chi connectivity index (χ0) is 14.0. The molecule has 5 fully saturated rings. The molecule has 3 atom stereocenters. The highest BCUT2D eigenvalue weighted by Gasteiger charge is 2.60. The molecule has 5 aliphatic rings. The predicted molar refractivity (Wildman–Crippen MR) is 79.3 cm³/mol. The van der Waals surface area contributed by atoms with E-state index in [1.807, 2.05) is 0 Å². The summed E-state index contributed by atoms with van der Waals surface area (Å²) >= 11 is 0. The first-order valence-electron chi connectivity index (χ1n) is 8.45. The van der Waals surface area contributed by atoms with Gasteiger partial charge in [0, 0.05) is 5.54 Å². The lowest BCUT2D eigenvalue weighted by Gasteiger charge is -2.65. The molecule has 3 nitrogen and oxygen atoms in total. The molecule has 0 aromatic rings. The van der Waals surface area contributed by atoms with Gasteiger partial charge in [0.05, 0.1) is 6.04 Å². The van der Waals surface area contributed by atoms with Gasteiger partial charge in [0.15, 0.2) is 0 Å². The van der Waals surface area contributed by atoms with Crippen LogP contribution in [-0.2, 0) is 4.79 Å². The largest absolute Gasteiger partial charge is 0.349 e. The van der Waals surface area contributed by atoms with Crippen LogP contribution in [0.3, 0.4) is 0 Å². The van der Waals surface area contributed by atoms with E-state index in [0.717, 1.165) is 25.3 Å². The first kappa shape index (κ1) is 13.1. The molecule has 1 heterocycles. The van der Waals surface area contributed by atoms with Crippen LogP contribution in [0.4, 0.5) is 0 Å². The number of carbonyl (C=O) groups excluding carboxylic acids is 1. The van der Waals surface area contributed by atoms with E-state index in [1.165, 1.54) is 38.5 Å². The maximum Gasteiger partial charge on any atom is 0.237 e. The van der Waals surface area contributed by atoms with Gasteiger partial charge in [0.1, 0.15) is 0 Å². The topological polar surface area (TPSA) is 41.1 Å². The van der Waals surface area contributed by atoms with Gasteiger partial charge < -0.3 is 10.6 Å². The van der Waals surface area contributed by atoms with Crippen molar-refractivity contribution in [3.63, 3.8) is 0 Å². The molecule has 4 bridgehead atoms. The standard InChI is InChI=1S/C17H28N2O/c1-15-6-12-7-16(2,9-15)11-17(8-12,10-15)19-14(20)13-4-3-5-18-13/h12-13,18H,3-11H2,1-2H3,(H,19,20)/t12?,13-,15?,16?,17?/m0/s1. The zero-order valence-electron chi connectivity index (χ0n) is 12.9. The predicted octanol–water partition coefficient (Wildman–Crippen LogP) is 2.60. The van der Waals surface area contributed by atoms with Crippen molar-refractivity contribution in [1.29, 1.82) is 0 Å². The molecule has 0 radical (unpaired) electrons. The molecule has 0 aromatic carbocycles. The van der Waals surface area contributed by atoms with Gasteiger partial charge in [-0.05, 0) is 74.7 Å². The lowest BCUT2D eigenvalue weighted by molar-refractivity contribution is -0.141. The Morgan fingerprint density at radius 1 is 1.10 bits per heavy atom. The maximum atomic E-state index is 12.6. The molecule has 5 rings (SSSR count). The van der Waals surface area contributed by atoms with E-state index < -0.39 is 0 Å². The fourth-order valence-electron chi connectivity index (χ4n) is 6.84. The Bertz CT molecular complexity index is 422. The van der Waals surface area contributed by atoms with Gasteiger partial charge in [0.25, 0.3) is 0 Å². The minimum atomic E-state index is 0.0728. The van der Waals surface area contributed by atoms with Crippen LogP contribution in [0.25, 0.3) is 0 Å². The summed E-state index contributed by atoms with van der Waals surface area (Å²) in [7, 11) is 0. The fourth-order valence-corrected chi connectivity index (χ4v) is 6.84. The molecule has 0 aromatic heterocycles. The van der Waals surface area contributed by atoms with E-state index in [1.54, 1.807) is 0 Å². The van der Waals surface area contributed by atoms with Crippen molar-refractivity contribution >= 4 is 5.91 Å². The lowest BCUT2D eigenvalue weighted by atomic mass is 9.43. The summed E-state index contributed by atoms with van der Waals surface area (Å²) in [5.74, 6) is 1.12. The van der Waals surface area contributed by atoms with Crippen LogP contribution in [0.5, 0.6) is 0 Å². The third-order valence-corrected chi connectivity index (χ3v) is 6.39. The average Bonchev–Trinajstić information content (AvgIpc) is 2.75. The highest BCUT2D eigenvalue weighted by Crippen LogP contribution is 2.66. The monoisotopic (exact) mass is 276 g/mol. The average molecular weight is 276 g/mol. The first-order valence-corrected chi connectivity index (χ1v) is 8.45. The number of hydrogen-bond donors (Lipinski definition) is 2. The minimum absolute atomic E-state index is 0.0728. The number of amides is 1. The molecule has 112 valence electrons. The van der Waals surface area contributed by atoms with Crippen LogP contribution in [0.2, 0.25) is 0 Å². The van der Waals surface area contributed by atoms with Gasteiger partial charge in [-0.25, -0.2) is 0 Å². The summed E-state index contributed by atoms with van der Waals surface area (Å²) in [5.41, 5.74) is 1.07. The molecule has 4 aliphatic carbocycles. The van der Waals surface area contributed by atoms with Crippen LogP contribution < -0.4 is 10.6 Å². The molecule has 2 N–H and O–H groups in total. The van der Waals surface area contributed by atoms with Crippen LogP contribution in [0.15, 0.2) is 0 Å². The molecule has 20 heavy (non-hydrogen) atoms. The fraction of sp³-hybridized carbons (Fsp3) is 0.941. The number of hydrogen-bond acceptors (Lipinski definition) is 2. The third-order valence-electron chi connectivity index (χ3n) is 6.39. The second kappa shape index (κ2) is 4.00. The van der Waals surface area contributed by atoms with Crippen LogP contribution >= 0.6 is 0 Å². The van der Waals surface area contributed by atoms with Crippen LogP contribution in [-0.4, -0.2) is 24.0 Å². The normalized spacial score (nSPS) is 53.3. The molecule has 1 amide bonds. The van der Waals surface area contributed by atoms with E-state index in [9.17, 15) is 4.79 Å². The number of carbonyl (C=O) groups is 1. The van der Waals surface area contributed by atoms with Crippen molar-refractivity contribution in [2.75, 3.05) is 6.54 Å². The van der Waals surface area contributed by atoms with Gasteiger partial charge in [-0.2, -0.15) is 0 Å².